The molecule has 19 heavy (non-hydrogen) atoms. The van der Waals surface area contributed by atoms with Crippen LogP contribution in [0.2, 0.25) is 0 Å². The van der Waals surface area contributed by atoms with E-state index in [0.29, 0.717) is 25.4 Å². The summed E-state index contributed by atoms with van der Waals surface area (Å²) in [6.07, 6.45) is 0. The normalized spacial score (nSPS) is 21.3. The van der Waals surface area contributed by atoms with E-state index in [2.05, 4.69) is 5.32 Å². The fourth-order valence-corrected chi connectivity index (χ4v) is 4.16. The van der Waals surface area contributed by atoms with Crippen LogP contribution in [0.5, 0.6) is 5.75 Å². The zero-order valence-corrected chi connectivity index (χ0v) is 12.3. The van der Waals surface area contributed by atoms with Crippen molar-refractivity contribution in [2.45, 2.75) is 24.8 Å². The molecule has 0 saturated carbocycles. The number of hydrogen-bond acceptors (Lipinski definition) is 4. The first kappa shape index (κ1) is 14.3. The zero-order chi connectivity index (χ0) is 14.0. The van der Waals surface area contributed by atoms with Crippen molar-refractivity contribution in [1.29, 1.82) is 0 Å². The van der Waals surface area contributed by atoms with E-state index in [9.17, 15) is 8.42 Å². The standard InChI is InChI=1S/C13H20N2O3S/c1-10-4-5-12(18-3)13(8-10)19(16,17)15-7-6-14-9-11(15)2/h4-5,8,11,14H,6-7,9H2,1-3H3/t11-/m0/s1. The van der Waals surface area contributed by atoms with Gasteiger partial charge in [-0.3, -0.25) is 0 Å². The van der Waals surface area contributed by atoms with Gasteiger partial charge in [0.1, 0.15) is 10.6 Å². The average molecular weight is 284 g/mol. The Hall–Kier alpha value is -1.11. The summed E-state index contributed by atoms with van der Waals surface area (Å²) in [6.45, 7) is 5.62. The maximum Gasteiger partial charge on any atom is 0.247 e. The Balaban J connectivity index is 2.46. The second-order valence-electron chi connectivity index (χ2n) is 4.82. The third-order valence-corrected chi connectivity index (χ3v) is 5.38. The molecular weight excluding hydrogens is 264 g/mol. The van der Waals surface area contributed by atoms with E-state index < -0.39 is 10.0 Å². The SMILES string of the molecule is COc1ccc(C)cc1S(=O)(=O)N1CCNC[C@@H]1C. The molecule has 1 atom stereocenters. The van der Waals surface area contributed by atoms with Crippen LogP contribution < -0.4 is 10.1 Å². The van der Waals surface area contributed by atoms with Crippen molar-refractivity contribution in [3.63, 3.8) is 0 Å². The topological polar surface area (TPSA) is 58.6 Å². The van der Waals surface area contributed by atoms with Crippen LogP contribution in [0.25, 0.3) is 0 Å². The largest absolute Gasteiger partial charge is 0.495 e. The van der Waals surface area contributed by atoms with Crippen LogP contribution in [0.3, 0.4) is 0 Å². The molecule has 1 aliphatic rings. The van der Waals surface area contributed by atoms with Gasteiger partial charge in [0.05, 0.1) is 7.11 Å². The first-order chi connectivity index (χ1) is 8.96. The molecule has 1 aromatic rings. The van der Waals surface area contributed by atoms with Gasteiger partial charge in [-0.05, 0) is 31.5 Å². The average Bonchev–Trinajstić information content (AvgIpc) is 2.39. The van der Waals surface area contributed by atoms with Crippen molar-refractivity contribution in [3.05, 3.63) is 23.8 Å². The first-order valence-corrected chi connectivity index (χ1v) is 7.78. The van der Waals surface area contributed by atoms with E-state index in [1.165, 1.54) is 7.11 Å². The summed E-state index contributed by atoms with van der Waals surface area (Å²) < 4.78 is 32.2. The summed E-state index contributed by atoms with van der Waals surface area (Å²) in [5, 5.41) is 3.19. The minimum atomic E-state index is -3.51. The third-order valence-electron chi connectivity index (χ3n) is 3.35. The third kappa shape index (κ3) is 2.75. The van der Waals surface area contributed by atoms with E-state index in [1.54, 1.807) is 16.4 Å². The Kier molecular flexibility index (Phi) is 4.13. The Morgan fingerprint density at radius 2 is 2.16 bits per heavy atom. The zero-order valence-electron chi connectivity index (χ0n) is 11.5. The lowest BCUT2D eigenvalue weighted by Gasteiger charge is -2.33. The number of ether oxygens (including phenoxy) is 1. The van der Waals surface area contributed by atoms with Gasteiger partial charge in [-0.25, -0.2) is 8.42 Å². The summed E-state index contributed by atoms with van der Waals surface area (Å²) in [6, 6.07) is 5.17. The second kappa shape index (κ2) is 5.48. The predicted molar refractivity (Wildman–Crippen MR) is 74.0 cm³/mol. The highest BCUT2D eigenvalue weighted by Crippen LogP contribution is 2.29. The molecule has 1 heterocycles. The quantitative estimate of drug-likeness (QED) is 0.899. The predicted octanol–water partition coefficient (Wildman–Crippen LogP) is 0.986. The van der Waals surface area contributed by atoms with Crippen LogP contribution >= 0.6 is 0 Å². The van der Waals surface area contributed by atoms with Gasteiger partial charge >= 0.3 is 0 Å². The smallest absolute Gasteiger partial charge is 0.247 e. The molecule has 0 aromatic heterocycles. The lowest BCUT2D eigenvalue weighted by Crippen LogP contribution is -2.52. The highest BCUT2D eigenvalue weighted by Gasteiger charge is 2.32. The maximum atomic E-state index is 12.7. The summed E-state index contributed by atoms with van der Waals surface area (Å²) >= 11 is 0. The Bertz CT molecular complexity index is 557. The summed E-state index contributed by atoms with van der Waals surface area (Å²) in [5.74, 6) is 0.399. The molecule has 0 unspecified atom stereocenters. The molecule has 1 saturated heterocycles. The number of sulfonamides is 1. The van der Waals surface area contributed by atoms with Gasteiger partial charge in [0.15, 0.2) is 0 Å². The number of nitrogens with one attached hydrogen (secondary N) is 1. The van der Waals surface area contributed by atoms with E-state index in [0.717, 1.165) is 5.56 Å². The number of benzene rings is 1. The van der Waals surface area contributed by atoms with E-state index in [-0.39, 0.29) is 10.9 Å². The number of rotatable bonds is 3. The molecule has 0 bridgehead atoms. The Morgan fingerprint density at radius 1 is 1.42 bits per heavy atom. The van der Waals surface area contributed by atoms with Crippen LogP contribution in [0.15, 0.2) is 23.1 Å². The Labute approximate surface area is 114 Å². The molecule has 106 valence electrons. The minimum Gasteiger partial charge on any atom is -0.495 e. The van der Waals surface area contributed by atoms with Gasteiger partial charge in [0.25, 0.3) is 0 Å². The van der Waals surface area contributed by atoms with Crippen LogP contribution in [0.1, 0.15) is 12.5 Å². The van der Waals surface area contributed by atoms with Crippen molar-refractivity contribution in [1.82, 2.24) is 9.62 Å². The van der Waals surface area contributed by atoms with Crippen LogP contribution in [-0.4, -0.2) is 45.5 Å². The highest BCUT2D eigenvalue weighted by molar-refractivity contribution is 7.89. The summed E-state index contributed by atoms with van der Waals surface area (Å²) in [7, 11) is -2.02. The van der Waals surface area contributed by atoms with Crippen LogP contribution in [0, 0.1) is 6.92 Å². The number of hydrogen-bond donors (Lipinski definition) is 1. The number of methoxy groups -OCH3 is 1. The second-order valence-corrected chi connectivity index (χ2v) is 6.68. The van der Waals surface area contributed by atoms with Crippen molar-refractivity contribution >= 4 is 10.0 Å². The van der Waals surface area contributed by atoms with E-state index in [1.807, 2.05) is 19.9 Å². The first-order valence-electron chi connectivity index (χ1n) is 6.34. The molecule has 1 N–H and O–H groups in total. The van der Waals surface area contributed by atoms with Crippen molar-refractivity contribution < 1.29 is 13.2 Å². The van der Waals surface area contributed by atoms with Crippen LogP contribution in [-0.2, 0) is 10.0 Å². The molecule has 6 heteroatoms. The maximum absolute atomic E-state index is 12.7. The van der Waals surface area contributed by atoms with Gasteiger partial charge in [0.2, 0.25) is 10.0 Å². The molecule has 1 fully saturated rings. The lowest BCUT2D eigenvalue weighted by atomic mass is 10.2. The van der Waals surface area contributed by atoms with Gasteiger partial charge < -0.3 is 10.1 Å². The number of nitrogens with zero attached hydrogens (tertiary/aromatic N) is 1. The summed E-state index contributed by atoms with van der Waals surface area (Å²) in [5.41, 5.74) is 0.905. The highest BCUT2D eigenvalue weighted by atomic mass is 32.2. The molecule has 0 amide bonds. The Morgan fingerprint density at radius 3 is 2.79 bits per heavy atom. The van der Waals surface area contributed by atoms with Gasteiger partial charge in [-0.1, -0.05) is 6.07 Å². The monoisotopic (exact) mass is 284 g/mol. The fourth-order valence-electron chi connectivity index (χ4n) is 2.29. The lowest BCUT2D eigenvalue weighted by molar-refractivity contribution is 0.282. The molecule has 0 spiro atoms. The van der Waals surface area contributed by atoms with Gasteiger partial charge in [-0.2, -0.15) is 4.31 Å². The van der Waals surface area contributed by atoms with Gasteiger partial charge in [-0.15, -0.1) is 0 Å². The minimum absolute atomic E-state index is 0.0519. The molecule has 0 aliphatic carbocycles. The molecule has 1 aromatic carbocycles. The molecule has 5 nitrogen and oxygen atoms in total. The molecule has 0 radical (unpaired) electrons. The van der Waals surface area contributed by atoms with E-state index >= 15 is 0 Å². The van der Waals surface area contributed by atoms with Crippen molar-refractivity contribution in [2.24, 2.45) is 0 Å². The fraction of sp³-hybridized carbons (Fsp3) is 0.538. The van der Waals surface area contributed by atoms with Crippen molar-refractivity contribution in [2.75, 3.05) is 26.7 Å². The molecule has 2 rings (SSSR count). The summed E-state index contributed by atoms with van der Waals surface area (Å²) in [4.78, 5) is 0.253. The number of aryl methyl sites for hydroxylation is 1. The number of piperazine rings is 1. The molecular formula is C13H20N2O3S. The van der Waals surface area contributed by atoms with Crippen molar-refractivity contribution in [3.8, 4) is 5.75 Å². The van der Waals surface area contributed by atoms with Crippen LogP contribution in [0.4, 0.5) is 0 Å². The molecule has 1 aliphatic heterocycles. The van der Waals surface area contributed by atoms with E-state index in [4.69, 9.17) is 4.74 Å². The van der Waals surface area contributed by atoms with Gasteiger partial charge in [0, 0.05) is 25.7 Å².